The minimum Gasteiger partial charge on any atom is -0.465 e. The second kappa shape index (κ2) is 10.1. The summed E-state index contributed by atoms with van der Waals surface area (Å²) in [6.07, 6.45) is 4.21. The van der Waals surface area contributed by atoms with Crippen molar-refractivity contribution in [3.63, 3.8) is 0 Å². The van der Waals surface area contributed by atoms with Crippen LogP contribution < -0.4 is 0 Å². The number of halogens is 1. The van der Waals surface area contributed by atoms with E-state index in [1.807, 2.05) is 18.2 Å². The van der Waals surface area contributed by atoms with Crippen LogP contribution in [0.15, 0.2) is 35.9 Å². The zero-order chi connectivity index (χ0) is 18.5. The molecule has 1 aromatic rings. The summed E-state index contributed by atoms with van der Waals surface area (Å²) in [5.74, 6) is 0.359. The van der Waals surface area contributed by atoms with Gasteiger partial charge in [-0.2, -0.15) is 0 Å². The third-order valence-electron chi connectivity index (χ3n) is 5.68. The number of nitrogens with zero attached hydrogens (tertiary/aromatic N) is 2. The number of benzene rings is 1. The normalized spacial score (nSPS) is 23.6. The van der Waals surface area contributed by atoms with E-state index < -0.39 is 6.09 Å². The Bertz CT molecular complexity index is 630. The first-order valence-electron chi connectivity index (χ1n) is 9.56. The lowest BCUT2D eigenvalue weighted by Gasteiger charge is -2.37. The first kappa shape index (κ1) is 21.7. The number of amides is 1. The SMILES string of the molecule is COCCN1CCC(N(C(=O)O)[C@@H]2C[C@H]2C(C)=Cc2ccccc2)CC1.Cl. The van der Waals surface area contributed by atoms with Gasteiger partial charge in [0.15, 0.2) is 0 Å². The van der Waals surface area contributed by atoms with Crippen molar-refractivity contribution in [1.82, 2.24) is 9.80 Å². The smallest absolute Gasteiger partial charge is 0.407 e. The van der Waals surface area contributed by atoms with E-state index in [0.29, 0.717) is 5.92 Å². The quantitative estimate of drug-likeness (QED) is 0.759. The lowest BCUT2D eigenvalue weighted by molar-refractivity contribution is 0.0738. The standard InChI is InChI=1S/C21H30N2O3.ClH/c1-16(14-17-6-4-3-5-7-17)19-15-20(19)23(21(24)25)18-8-10-22(11-9-18)12-13-26-2;/h3-7,14,18-20H,8-13,15H2,1-2H3,(H,24,25);1H/t19-,20+;/m0./s1. The van der Waals surface area contributed by atoms with Crippen LogP contribution in [0.1, 0.15) is 31.7 Å². The molecule has 1 N–H and O–H groups in total. The molecule has 5 nitrogen and oxygen atoms in total. The summed E-state index contributed by atoms with van der Waals surface area (Å²) in [5.41, 5.74) is 2.47. The highest BCUT2D eigenvalue weighted by Gasteiger charge is 2.47. The van der Waals surface area contributed by atoms with E-state index in [0.717, 1.165) is 45.5 Å². The summed E-state index contributed by atoms with van der Waals surface area (Å²) in [6, 6.07) is 10.5. The average Bonchev–Trinajstić information content (AvgIpc) is 3.42. The molecule has 3 rings (SSSR count). The van der Waals surface area contributed by atoms with Crippen molar-refractivity contribution in [2.45, 2.75) is 38.3 Å². The van der Waals surface area contributed by atoms with Gasteiger partial charge in [0, 0.05) is 44.7 Å². The van der Waals surface area contributed by atoms with Crippen LogP contribution in [0.2, 0.25) is 0 Å². The van der Waals surface area contributed by atoms with E-state index >= 15 is 0 Å². The lowest BCUT2D eigenvalue weighted by atomic mass is 10.0. The van der Waals surface area contributed by atoms with Crippen molar-refractivity contribution >= 4 is 24.6 Å². The van der Waals surface area contributed by atoms with Crippen molar-refractivity contribution < 1.29 is 14.6 Å². The molecule has 6 heteroatoms. The topological polar surface area (TPSA) is 53.0 Å². The third-order valence-corrected chi connectivity index (χ3v) is 5.68. The highest BCUT2D eigenvalue weighted by molar-refractivity contribution is 5.85. The van der Waals surface area contributed by atoms with E-state index in [1.54, 1.807) is 12.0 Å². The summed E-state index contributed by atoms with van der Waals surface area (Å²) in [6.45, 7) is 5.70. The van der Waals surface area contributed by atoms with Crippen LogP contribution in [0.5, 0.6) is 0 Å². The minimum absolute atomic E-state index is 0. The molecule has 2 atom stereocenters. The number of hydrogen-bond donors (Lipinski definition) is 1. The highest BCUT2D eigenvalue weighted by atomic mass is 35.5. The van der Waals surface area contributed by atoms with E-state index in [4.69, 9.17) is 4.74 Å². The molecule has 0 unspecified atom stereocenters. The van der Waals surface area contributed by atoms with E-state index in [2.05, 4.69) is 30.0 Å². The Morgan fingerprint density at radius 3 is 2.56 bits per heavy atom. The maximum atomic E-state index is 11.9. The van der Waals surface area contributed by atoms with Crippen molar-refractivity contribution in [2.75, 3.05) is 33.4 Å². The zero-order valence-corrected chi connectivity index (χ0v) is 17.0. The summed E-state index contributed by atoms with van der Waals surface area (Å²) in [5, 5.41) is 9.81. The van der Waals surface area contributed by atoms with Crippen LogP contribution in [0, 0.1) is 5.92 Å². The van der Waals surface area contributed by atoms with Gasteiger partial charge in [0.1, 0.15) is 0 Å². The van der Waals surface area contributed by atoms with E-state index in [-0.39, 0.29) is 24.5 Å². The molecule has 0 radical (unpaired) electrons. The van der Waals surface area contributed by atoms with Gasteiger partial charge >= 0.3 is 6.09 Å². The van der Waals surface area contributed by atoms with Crippen LogP contribution in [-0.2, 0) is 4.74 Å². The summed E-state index contributed by atoms with van der Waals surface area (Å²) >= 11 is 0. The number of hydrogen-bond acceptors (Lipinski definition) is 3. The second-order valence-corrected chi connectivity index (χ2v) is 7.46. The number of carbonyl (C=O) groups is 1. The molecule has 150 valence electrons. The van der Waals surface area contributed by atoms with Crippen LogP contribution in [0.25, 0.3) is 6.08 Å². The maximum absolute atomic E-state index is 11.9. The number of ether oxygens (including phenoxy) is 1. The Morgan fingerprint density at radius 2 is 1.96 bits per heavy atom. The minimum atomic E-state index is -0.764. The Hall–Kier alpha value is -1.56. The number of likely N-dealkylation sites (tertiary alicyclic amines) is 1. The Morgan fingerprint density at radius 1 is 1.30 bits per heavy atom. The van der Waals surface area contributed by atoms with Gasteiger partial charge < -0.3 is 19.6 Å². The van der Waals surface area contributed by atoms with Crippen molar-refractivity contribution in [3.8, 4) is 0 Å². The monoisotopic (exact) mass is 394 g/mol. The third kappa shape index (κ3) is 5.71. The predicted molar refractivity (Wildman–Crippen MR) is 110 cm³/mol. The number of methoxy groups -OCH3 is 1. The van der Waals surface area contributed by atoms with Gasteiger partial charge in [-0.05, 0) is 31.7 Å². The lowest BCUT2D eigenvalue weighted by Crippen LogP contribution is -2.48. The van der Waals surface area contributed by atoms with E-state index in [9.17, 15) is 9.90 Å². The Kier molecular flexibility index (Phi) is 8.14. The molecular weight excluding hydrogens is 364 g/mol. The van der Waals surface area contributed by atoms with Crippen molar-refractivity contribution in [2.24, 2.45) is 5.92 Å². The van der Waals surface area contributed by atoms with Gasteiger partial charge in [-0.25, -0.2) is 4.79 Å². The largest absolute Gasteiger partial charge is 0.465 e. The fourth-order valence-corrected chi connectivity index (χ4v) is 4.11. The van der Waals surface area contributed by atoms with Crippen LogP contribution in [0.3, 0.4) is 0 Å². The van der Waals surface area contributed by atoms with Gasteiger partial charge in [-0.15, -0.1) is 12.4 Å². The fourth-order valence-electron chi connectivity index (χ4n) is 4.11. The molecule has 1 aliphatic carbocycles. The van der Waals surface area contributed by atoms with E-state index in [1.165, 1.54) is 11.1 Å². The van der Waals surface area contributed by atoms with Gasteiger partial charge in [-0.3, -0.25) is 0 Å². The molecule has 2 fully saturated rings. The van der Waals surface area contributed by atoms with Gasteiger partial charge in [0.25, 0.3) is 0 Å². The molecule has 1 saturated heterocycles. The summed E-state index contributed by atoms with van der Waals surface area (Å²) < 4.78 is 5.14. The number of piperidine rings is 1. The molecule has 0 bridgehead atoms. The zero-order valence-electron chi connectivity index (χ0n) is 16.2. The van der Waals surface area contributed by atoms with Crippen LogP contribution >= 0.6 is 12.4 Å². The van der Waals surface area contributed by atoms with Crippen molar-refractivity contribution in [1.29, 1.82) is 0 Å². The Labute approximate surface area is 168 Å². The van der Waals surface area contributed by atoms with Gasteiger partial charge in [0.05, 0.1) is 6.61 Å². The molecule has 2 aliphatic rings. The molecule has 1 aliphatic heterocycles. The van der Waals surface area contributed by atoms with Gasteiger partial charge in [-0.1, -0.05) is 42.0 Å². The average molecular weight is 395 g/mol. The fraction of sp³-hybridized carbons (Fsp3) is 0.571. The highest BCUT2D eigenvalue weighted by Crippen LogP contribution is 2.44. The molecule has 27 heavy (non-hydrogen) atoms. The second-order valence-electron chi connectivity index (χ2n) is 7.46. The van der Waals surface area contributed by atoms with Crippen LogP contribution in [0.4, 0.5) is 4.79 Å². The first-order chi connectivity index (χ1) is 12.6. The number of rotatable bonds is 7. The van der Waals surface area contributed by atoms with Crippen LogP contribution in [-0.4, -0.2) is 66.4 Å². The Balaban J connectivity index is 0.00000261. The molecule has 1 saturated carbocycles. The molecule has 1 amide bonds. The predicted octanol–water partition coefficient (Wildman–Crippen LogP) is 3.99. The molecular formula is C21H31ClN2O3. The van der Waals surface area contributed by atoms with Gasteiger partial charge in [0.2, 0.25) is 0 Å². The summed E-state index contributed by atoms with van der Waals surface area (Å²) in [4.78, 5) is 16.0. The first-order valence-corrected chi connectivity index (χ1v) is 9.56. The molecule has 0 aromatic heterocycles. The molecule has 0 spiro atoms. The summed E-state index contributed by atoms with van der Waals surface area (Å²) in [7, 11) is 1.72. The molecule has 1 aromatic carbocycles. The maximum Gasteiger partial charge on any atom is 0.407 e. The van der Waals surface area contributed by atoms with Crippen molar-refractivity contribution in [3.05, 3.63) is 41.5 Å². The number of carboxylic acid groups (broad SMARTS) is 1. The molecule has 1 heterocycles.